The van der Waals surface area contributed by atoms with Crippen molar-refractivity contribution in [2.24, 2.45) is 0 Å². The number of halogens is 2. The number of anilines is 1. The van der Waals surface area contributed by atoms with Crippen LogP contribution in [0.1, 0.15) is 12.8 Å². The summed E-state index contributed by atoms with van der Waals surface area (Å²) in [6.07, 6.45) is 5.46. The Morgan fingerprint density at radius 2 is 2.25 bits per heavy atom. The van der Waals surface area contributed by atoms with Gasteiger partial charge in [-0.15, -0.1) is 0 Å². The molecule has 2 rings (SSSR count). The van der Waals surface area contributed by atoms with Crippen LogP contribution in [-0.2, 0) is 4.74 Å². The van der Waals surface area contributed by atoms with E-state index in [9.17, 15) is 8.78 Å². The third-order valence-corrected chi connectivity index (χ3v) is 2.49. The van der Waals surface area contributed by atoms with Crippen molar-refractivity contribution in [3.8, 4) is 0 Å². The van der Waals surface area contributed by atoms with E-state index in [1.54, 1.807) is 6.26 Å². The number of benzene rings is 1. The van der Waals surface area contributed by atoms with Crippen molar-refractivity contribution in [3.63, 3.8) is 0 Å². The number of hydrogen-bond donors (Lipinski definition) is 1. The van der Waals surface area contributed by atoms with Crippen LogP contribution >= 0.6 is 0 Å². The topological polar surface area (TPSA) is 21.3 Å². The van der Waals surface area contributed by atoms with Gasteiger partial charge in [-0.2, -0.15) is 0 Å². The van der Waals surface area contributed by atoms with Crippen LogP contribution in [-0.4, -0.2) is 12.6 Å². The molecule has 0 spiro atoms. The fourth-order valence-electron chi connectivity index (χ4n) is 1.60. The second kappa shape index (κ2) is 4.96. The molecule has 2 nitrogen and oxygen atoms in total. The monoisotopic (exact) mass is 225 g/mol. The number of rotatable bonds is 3. The molecule has 0 fully saturated rings. The summed E-state index contributed by atoms with van der Waals surface area (Å²) in [5.41, 5.74) is 0.179. The third-order valence-electron chi connectivity index (χ3n) is 2.49. The lowest BCUT2D eigenvalue weighted by atomic mass is 10.1. The van der Waals surface area contributed by atoms with E-state index in [2.05, 4.69) is 5.32 Å². The molecule has 0 saturated carbocycles. The number of ether oxygens (including phenoxy) is 1. The van der Waals surface area contributed by atoms with Gasteiger partial charge < -0.3 is 10.1 Å². The first-order valence-electron chi connectivity index (χ1n) is 5.26. The first-order chi connectivity index (χ1) is 7.77. The summed E-state index contributed by atoms with van der Waals surface area (Å²) >= 11 is 0. The Kier molecular flexibility index (Phi) is 3.39. The lowest BCUT2D eigenvalue weighted by Crippen LogP contribution is -2.23. The van der Waals surface area contributed by atoms with Gasteiger partial charge in [-0.05, 0) is 31.1 Å². The first-order valence-corrected chi connectivity index (χ1v) is 5.26. The summed E-state index contributed by atoms with van der Waals surface area (Å²) in [4.78, 5) is 0. The molecule has 1 unspecified atom stereocenters. The summed E-state index contributed by atoms with van der Waals surface area (Å²) in [5, 5.41) is 2.85. The van der Waals surface area contributed by atoms with Crippen molar-refractivity contribution in [2.45, 2.75) is 18.9 Å². The molecule has 0 radical (unpaired) electrons. The van der Waals surface area contributed by atoms with E-state index in [1.807, 2.05) is 6.08 Å². The predicted octanol–water partition coefficient (Wildman–Crippen LogP) is 3.07. The Morgan fingerprint density at radius 3 is 3.00 bits per heavy atom. The van der Waals surface area contributed by atoms with Crippen LogP contribution in [0.5, 0.6) is 0 Å². The van der Waals surface area contributed by atoms with Crippen molar-refractivity contribution < 1.29 is 13.5 Å². The molecule has 1 aromatic carbocycles. The molecule has 0 saturated heterocycles. The normalized spacial score (nSPS) is 19.2. The van der Waals surface area contributed by atoms with Crippen LogP contribution in [0.15, 0.2) is 30.5 Å². The van der Waals surface area contributed by atoms with Gasteiger partial charge in [0.2, 0.25) is 0 Å². The van der Waals surface area contributed by atoms with Crippen molar-refractivity contribution in [1.82, 2.24) is 0 Å². The van der Waals surface area contributed by atoms with Gasteiger partial charge in [0, 0.05) is 0 Å². The molecule has 0 amide bonds. The first kappa shape index (κ1) is 10.9. The quantitative estimate of drug-likeness (QED) is 0.853. The Hall–Kier alpha value is -1.58. The Morgan fingerprint density at radius 1 is 1.38 bits per heavy atom. The van der Waals surface area contributed by atoms with Crippen molar-refractivity contribution in [1.29, 1.82) is 0 Å². The summed E-state index contributed by atoms with van der Waals surface area (Å²) in [6.45, 7) is 0.477. The van der Waals surface area contributed by atoms with E-state index in [0.29, 0.717) is 6.54 Å². The molecule has 1 aliphatic heterocycles. The van der Waals surface area contributed by atoms with E-state index < -0.39 is 11.6 Å². The van der Waals surface area contributed by atoms with Crippen LogP contribution in [0, 0.1) is 11.6 Å². The van der Waals surface area contributed by atoms with Gasteiger partial charge in [0.05, 0.1) is 18.5 Å². The summed E-state index contributed by atoms with van der Waals surface area (Å²) in [6, 6.07) is 4.08. The van der Waals surface area contributed by atoms with Crippen molar-refractivity contribution in [3.05, 3.63) is 42.2 Å². The molecular formula is C12H13F2NO. The van der Waals surface area contributed by atoms with Crippen LogP contribution in [0.3, 0.4) is 0 Å². The molecule has 86 valence electrons. The number of allylic oxidation sites excluding steroid dienone is 1. The maximum atomic E-state index is 13.3. The molecule has 1 heterocycles. The molecule has 0 aromatic heterocycles. The van der Waals surface area contributed by atoms with Crippen LogP contribution in [0.4, 0.5) is 14.5 Å². The maximum absolute atomic E-state index is 13.3. The van der Waals surface area contributed by atoms with Crippen LogP contribution in [0.25, 0.3) is 0 Å². The minimum Gasteiger partial charge on any atom is -0.497 e. The number of nitrogens with one attached hydrogen (secondary N) is 1. The van der Waals surface area contributed by atoms with Gasteiger partial charge in [-0.1, -0.05) is 6.07 Å². The molecule has 1 atom stereocenters. The molecule has 0 bridgehead atoms. The summed E-state index contributed by atoms with van der Waals surface area (Å²) < 4.78 is 31.5. The molecule has 16 heavy (non-hydrogen) atoms. The van der Waals surface area contributed by atoms with Gasteiger partial charge in [-0.25, -0.2) is 8.78 Å². The van der Waals surface area contributed by atoms with E-state index in [-0.39, 0.29) is 11.8 Å². The zero-order valence-electron chi connectivity index (χ0n) is 8.75. The minimum atomic E-state index is -0.839. The zero-order valence-corrected chi connectivity index (χ0v) is 8.75. The SMILES string of the molecule is Fc1cccc(NCC2CCC=CO2)c1F. The average Bonchev–Trinajstić information content (AvgIpc) is 2.32. The Labute approximate surface area is 92.9 Å². The highest BCUT2D eigenvalue weighted by Gasteiger charge is 2.12. The minimum absolute atomic E-state index is 0.0210. The van der Waals surface area contributed by atoms with Gasteiger partial charge in [0.25, 0.3) is 0 Å². The van der Waals surface area contributed by atoms with Gasteiger partial charge in [0.1, 0.15) is 6.10 Å². The molecule has 1 aromatic rings. The van der Waals surface area contributed by atoms with Crippen LogP contribution in [0.2, 0.25) is 0 Å². The standard InChI is InChI=1S/C12H13F2NO/c13-10-5-3-6-11(12(10)14)15-8-9-4-1-2-7-16-9/h2-3,5-7,9,15H,1,4,8H2. The number of hydrogen-bond acceptors (Lipinski definition) is 2. The smallest absolute Gasteiger partial charge is 0.181 e. The van der Waals surface area contributed by atoms with Gasteiger partial charge in [-0.3, -0.25) is 0 Å². The second-order valence-corrected chi connectivity index (χ2v) is 3.69. The van der Waals surface area contributed by atoms with E-state index in [0.717, 1.165) is 18.9 Å². The highest BCUT2D eigenvalue weighted by molar-refractivity contribution is 5.44. The van der Waals surface area contributed by atoms with Gasteiger partial charge in [0.15, 0.2) is 11.6 Å². The van der Waals surface area contributed by atoms with E-state index >= 15 is 0 Å². The fourth-order valence-corrected chi connectivity index (χ4v) is 1.60. The summed E-state index contributed by atoms with van der Waals surface area (Å²) in [7, 11) is 0. The zero-order chi connectivity index (χ0) is 11.4. The Balaban J connectivity index is 1.94. The second-order valence-electron chi connectivity index (χ2n) is 3.69. The predicted molar refractivity (Wildman–Crippen MR) is 58.1 cm³/mol. The average molecular weight is 225 g/mol. The summed E-state index contributed by atoms with van der Waals surface area (Å²) in [5.74, 6) is -1.68. The molecule has 0 aliphatic carbocycles. The van der Waals surface area contributed by atoms with Crippen molar-refractivity contribution >= 4 is 5.69 Å². The van der Waals surface area contributed by atoms with Crippen molar-refractivity contribution in [2.75, 3.05) is 11.9 Å². The van der Waals surface area contributed by atoms with Gasteiger partial charge >= 0.3 is 0 Å². The fraction of sp³-hybridized carbons (Fsp3) is 0.333. The van der Waals surface area contributed by atoms with E-state index in [1.165, 1.54) is 12.1 Å². The largest absolute Gasteiger partial charge is 0.497 e. The lowest BCUT2D eigenvalue weighted by Gasteiger charge is -2.20. The molecular weight excluding hydrogens is 212 g/mol. The third kappa shape index (κ3) is 2.51. The lowest BCUT2D eigenvalue weighted by molar-refractivity contribution is 0.135. The van der Waals surface area contributed by atoms with Crippen LogP contribution < -0.4 is 5.32 Å². The Bertz CT molecular complexity index is 393. The van der Waals surface area contributed by atoms with E-state index in [4.69, 9.17) is 4.74 Å². The molecule has 1 aliphatic rings. The highest BCUT2D eigenvalue weighted by Crippen LogP contribution is 2.18. The highest BCUT2D eigenvalue weighted by atomic mass is 19.2. The maximum Gasteiger partial charge on any atom is 0.181 e. The molecule has 4 heteroatoms. The molecule has 1 N–H and O–H groups in total.